The maximum atomic E-state index is 14.1. The van der Waals surface area contributed by atoms with Crippen molar-refractivity contribution in [3.8, 4) is 0 Å². The standard InChI is InChI=1S/C28H43FO/c1-18(2)19(3)9-10-20(4)25-13-14-26-22(8-7-15-28(25,26)6)11-12-23-16-24(30)17-27(29)21(23)5/h9-12,18-20,24-27,30H,5,7-8,13-17H2,1-4,6H3/b10-9+,22-11?,23-12?/t19-,20+,24+,25+,26?,27?,28+/m0/s1. The number of aliphatic hydroxyl groups is 1. The lowest BCUT2D eigenvalue weighted by atomic mass is 9.61. The number of halogens is 1. The van der Waals surface area contributed by atoms with Crippen molar-refractivity contribution in [2.75, 3.05) is 0 Å². The molecule has 0 spiro atoms. The van der Waals surface area contributed by atoms with Crippen LogP contribution in [0.3, 0.4) is 0 Å². The molecule has 3 aliphatic rings. The van der Waals surface area contributed by atoms with E-state index < -0.39 is 12.3 Å². The van der Waals surface area contributed by atoms with Crippen molar-refractivity contribution in [2.24, 2.45) is 35.0 Å². The van der Waals surface area contributed by atoms with E-state index in [0.717, 1.165) is 17.9 Å². The van der Waals surface area contributed by atoms with Crippen molar-refractivity contribution < 1.29 is 9.50 Å². The van der Waals surface area contributed by atoms with E-state index in [1.54, 1.807) is 0 Å². The first kappa shape index (κ1) is 23.5. The minimum absolute atomic E-state index is 0.190. The van der Waals surface area contributed by atoms with Gasteiger partial charge in [0, 0.05) is 6.42 Å². The average molecular weight is 415 g/mol. The Bertz CT molecular complexity index is 714. The topological polar surface area (TPSA) is 20.2 Å². The number of hydrogen-bond acceptors (Lipinski definition) is 1. The van der Waals surface area contributed by atoms with Crippen LogP contribution in [0.5, 0.6) is 0 Å². The summed E-state index contributed by atoms with van der Waals surface area (Å²) in [5, 5.41) is 9.97. The molecule has 30 heavy (non-hydrogen) atoms. The van der Waals surface area contributed by atoms with E-state index in [2.05, 4.69) is 65.5 Å². The predicted molar refractivity (Wildman–Crippen MR) is 126 cm³/mol. The third kappa shape index (κ3) is 4.85. The molecule has 7 atom stereocenters. The zero-order valence-electron chi connectivity index (χ0n) is 19.8. The van der Waals surface area contributed by atoms with Gasteiger partial charge in [-0.05, 0) is 84.7 Å². The molecule has 168 valence electrons. The summed E-state index contributed by atoms with van der Waals surface area (Å²) in [6.45, 7) is 15.8. The minimum Gasteiger partial charge on any atom is -0.393 e. The van der Waals surface area contributed by atoms with Gasteiger partial charge in [0.2, 0.25) is 0 Å². The normalized spacial score (nSPS) is 39.8. The van der Waals surface area contributed by atoms with Gasteiger partial charge in [-0.3, -0.25) is 0 Å². The van der Waals surface area contributed by atoms with Gasteiger partial charge in [-0.15, -0.1) is 0 Å². The fraction of sp³-hybridized carbons (Fsp3) is 0.714. The van der Waals surface area contributed by atoms with Gasteiger partial charge in [-0.1, -0.05) is 71.1 Å². The lowest BCUT2D eigenvalue weighted by Gasteiger charge is -2.44. The molecule has 0 aromatic carbocycles. The average Bonchev–Trinajstić information content (AvgIpc) is 3.04. The molecule has 3 saturated carbocycles. The fourth-order valence-corrected chi connectivity index (χ4v) is 6.28. The zero-order valence-corrected chi connectivity index (χ0v) is 19.8. The highest BCUT2D eigenvalue weighted by molar-refractivity contribution is 5.38. The van der Waals surface area contributed by atoms with Crippen molar-refractivity contribution in [1.29, 1.82) is 0 Å². The summed E-state index contributed by atoms with van der Waals surface area (Å²) in [6, 6.07) is 0. The van der Waals surface area contributed by atoms with E-state index in [4.69, 9.17) is 0 Å². The molecule has 0 aromatic heterocycles. The maximum Gasteiger partial charge on any atom is 0.127 e. The monoisotopic (exact) mass is 414 g/mol. The van der Waals surface area contributed by atoms with E-state index in [-0.39, 0.29) is 6.42 Å². The van der Waals surface area contributed by atoms with Crippen molar-refractivity contribution >= 4 is 0 Å². The van der Waals surface area contributed by atoms with Crippen molar-refractivity contribution in [3.05, 3.63) is 47.6 Å². The zero-order chi connectivity index (χ0) is 22.1. The fourth-order valence-electron chi connectivity index (χ4n) is 6.28. The molecule has 2 heteroatoms. The Kier molecular flexibility index (Phi) is 7.49. The molecular weight excluding hydrogens is 371 g/mol. The highest BCUT2D eigenvalue weighted by atomic mass is 19.1. The number of rotatable bonds is 5. The SMILES string of the molecule is C=C1C(=CC=C2CCC[C@@]3(C)C2CC[C@@H]3[C@H](C)/C=C/[C@H](C)C(C)C)C[C@@H](O)CC1F. The lowest BCUT2D eigenvalue weighted by molar-refractivity contribution is 0.112. The van der Waals surface area contributed by atoms with Gasteiger partial charge in [0.15, 0.2) is 0 Å². The Balaban J connectivity index is 1.76. The summed E-state index contributed by atoms with van der Waals surface area (Å²) in [6.07, 6.45) is 14.6. The van der Waals surface area contributed by atoms with Gasteiger partial charge in [-0.25, -0.2) is 4.39 Å². The second-order valence-electron chi connectivity index (χ2n) is 11.0. The number of alkyl halides is 1. The van der Waals surface area contributed by atoms with Gasteiger partial charge in [-0.2, -0.15) is 0 Å². The molecule has 1 nitrogen and oxygen atoms in total. The van der Waals surface area contributed by atoms with E-state index >= 15 is 0 Å². The van der Waals surface area contributed by atoms with Crippen LogP contribution < -0.4 is 0 Å². The molecule has 3 aliphatic carbocycles. The van der Waals surface area contributed by atoms with Crippen LogP contribution >= 0.6 is 0 Å². The lowest BCUT2D eigenvalue weighted by Crippen LogP contribution is -2.35. The first-order chi connectivity index (χ1) is 14.1. The van der Waals surface area contributed by atoms with Crippen LogP contribution in [0.2, 0.25) is 0 Å². The van der Waals surface area contributed by atoms with Crippen molar-refractivity contribution in [3.63, 3.8) is 0 Å². The molecule has 0 aliphatic heterocycles. The summed E-state index contributed by atoms with van der Waals surface area (Å²) in [5.41, 5.74) is 3.36. The van der Waals surface area contributed by atoms with E-state index in [0.29, 0.717) is 41.1 Å². The van der Waals surface area contributed by atoms with Gasteiger partial charge in [0.25, 0.3) is 0 Å². The number of aliphatic hydroxyl groups excluding tert-OH is 1. The number of fused-ring (bicyclic) bond motifs is 1. The third-order valence-corrected chi connectivity index (χ3v) is 8.67. The molecule has 0 aromatic rings. The second kappa shape index (κ2) is 9.55. The summed E-state index contributed by atoms with van der Waals surface area (Å²) in [7, 11) is 0. The third-order valence-electron chi connectivity index (χ3n) is 8.67. The van der Waals surface area contributed by atoms with Gasteiger partial charge >= 0.3 is 0 Å². The van der Waals surface area contributed by atoms with Crippen LogP contribution in [0.25, 0.3) is 0 Å². The Hall–Kier alpha value is -1.15. The van der Waals surface area contributed by atoms with Crippen LogP contribution in [0.1, 0.15) is 79.6 Å². The molecule has 0 saturated heterocycles. The Morgan fingerprint density at radius 2 is 1.87 bits per heavy atom. The second-order valence-corrected chi connectivity index (χ2v) is 11.0. The number of allylic oxidation sites excluding steroid dienone is 6. The first-order valence-electron chi connectivity index (χ1n) is 12.2. The van der Waals surface area contributed by atoms with Crippen LogP contribution in [0.15, 0.2) is 47.6 Å². The molecule has 0 bridgehead atoms. The van der Waals surface area contributed by atoms with Gasteiger partial charge in [0.05, 0.1) is 6.10 Å². The Labute approximate surface area is 184 Å². The maximum absolute atomic E-state index is 14.1. The first-order valence-corrected chi connectivity index (χ1v) is 12.2. The van der Waals surface area contributed by atoms with Gasteiger partial charge in [0.1, 0.15) is 6.17 Å². The largest absolute Gasteiger partial charge is 0.393 e. The van der Waals surface area contributed by atoms with Crippen molar-refractivity contribution in [1.82, 2.24) is 0 Å². The molecule has 2 unspecified atom stereocenters. The quantitative estimate of drug-likeness (QED) is 0.459. The summed E-state index contributed by atoms with van der Waals surface area (Å²) in [5.74, 6) is 3.30. The Morgan fingerprint density at radius 1 is 1.13 bits per heavy atom. The molecule has 0 heterocycles. The predicted octanol–water partition coefficient (Wildman–Crippen LogP) is 7.59. The molecule has 1 N–H and O–H groups in total. The van der Waals surface area contributed by atoms with Crippen LogP contribution in [0.4, 0.5) is 4.39 Å². The highest BCUT2D eigenvalue weighted by Crippen LogP contribution is 2.59. The van der Waals surface area contributed by atoms with Crippen molar-refractivity contribution in [2.45, 2.75) is 91.8 Å². The number of hydrogen-bond donors (Lipinski definition) is 1. The van der Waals surface area contributed by atoms with Crippen LogP contribution in [0, 0.1) is 35.0 Å². The molecule has 0 amide bonds. The summed E-state index contributed by atoms with van der Waals surface area (Å²) < 4.78 is 14.1. The van der Waals surface area contributed by atoms with E-state index in [1.807, 2.05) is 0 Å². The molecule has 0 radical (unpaired) electrons. The van der Waals surface area contributed by atoms with Crippen LogP contribution in [-0.4, -0.2) is 17.4 Å². The minimum atomic E-state index is -1.10. The molecule has 3 fully saturated rings. The Morgan fingerprint density at radius 3 is 2.57 bits per heavy atom. The molecular formula is C28H43FO. The summed E-state index contributed by atoms with van der Waals surface area (Å²) in [4.78, 5) is 0. The smallest absolute Gasteiger partial charge is 0.127 e. The molecule has 3 rings (SSSR count). The van der Waals surface area contributed by atoms with Crippen LogP contribution in [-0.2, 0) is 0 Å². The highest BCUT2D eigenvalue weighted by Gasteiger charge is 2.50. The van der Waals surface area contributed by atoms with E-state index in [1.165, 1.54) is 31.3 Å². The van der Waals surface area contributed by atoms with E-state index in [9.17, 15) is 9.50 Å². The summed E-state index contributed by atoms with van der Waals surface area (Å²) >= 11 is 0. The van der Waals surface area contributed by atoms with Gasteiger partial charge < -0.3 is 5.11 Å².